The first-order valence-electron chi connectivity index (χ1n) is 7.71. The molecule has 1 N–H and O–H groups in total. The number of aryl methyl sites for hydroxylation is 1. The van der Waals surface area contributed by atoms with Crippen LogP contribution in [0.15, 0.2) is 33.7 Å². The van der Waals surface area contributed by atoms with E-state index in [1.54, 1.807) is 0 Å². The summed E-state index contributed by atoms with van der Waals surface area (Å²) in [5, 5.41) is 6.52. The second-order valence-corrected chi connectivity index (χ2v) is 7.82. The number of fused-ring (bicyclic) bond motifs is 1. The third-order valence-electron chi connectivity index (χ3n) is 3.98. The van der Waals surface area contributed by atoms with Gasteiger partial charge in [-0.2, -0.15) is 0 Å². The monoisotopic (exact) mass is 352 g/mol. The van der Waals surface area contributed by atoms with E-state index < -0.39 is 21.6 Å². The molecule has 1 aromatic carbocycles. The number of anilines is 1. The molecule has 1 aliphatic carbocycles. The topological polar surface area (TPSA) is 89.3 Å². The van der Waals surface area contributed by atoms with Crippen LogP contribution >= 0.6 is 0 Å². The molecule has 1 aromatic heterocycles. The Kier molecular flexibility index (Phi) is 4.66. The van der Waals surface area contributed by atoms with Crippen LogP contribution in [-0.2, 0) is 27.5 Å². The van der Waals surface area contributed by atoms with Crippen molar-refractivity contribution >= 4 is 21.6 Å². The number of benzene rings is 1. The minimum Gasteiger partial charge on any atom is -0.338 e. The Bertz CT molecular complexity index is 843. The molecule has 2 aromatic rings. The van der Waals surface area contributed by atoms with Crippen molar-refractivity contribution in [3.8, 4) is 0 Å². The van der Waals surface area contributed by atoms with Crippen LogP contribution in [0, 0.1) is 5.82 Å². The average Bonchev–Trinajstić information content (AvgIpc) is 2.97. The Hall–Kier alpha value is -2.22. The molecule has 0 atom stereocenters. The molecular weight excluding hydrogens is 335 g/mol. The van der Waals surface area contributed by atoms with E-state index in [4.69, 9.17) is 4.52 Å². The fourth-order valence-electron chi connectivity index (χ4n) is 2.66. The SMILES string of the molecule is O=C(CCS(=O)(=O)c1ccc(F)cc1)Nc1onc2c1CCCC2. The first-order valence-corrected chi connectivity index (χ1v) is 9.36. The number of carbonyl (C=O) groups excluding carboxylic acids is 1. The lowest BCUT2D eigenvalue weighted by molar-refractivity contribution is -0.116. The van der Waals surface area contributed by atoms with Crippen molar-refractivity contribution in [1.29, 1.82) is 0 Å². The number of halogens is 1. The summed E-state index contributed by atoms with van der Waals surface area (Å²) >= 11 is 0. The predicted molar refractivity (Wildman–Crippen MR) is 84.8 cm³/mol. The van der Waals surface area contributed by atoms with Gasteiger partial charge in [-0.25, -0.2) is 12.8 Å². The lowest BCUT2D eigenvalue weighted by Gasteiger charge is -2.09. The molecule has 3 rings (SSSR count). The van der Waals surface area contributed by atoms with Crippen molar-refractivity contribution in [2.75, 3.05) is 11.1 Å². The second kappa shape index (κ2) is 6.72. The van der Waals surface area contributed by atoms with Gasteiger partial charge in [-0.1, -0.05) is 5.16 Å². The van der Waals surface area contributed by atoms with Crippen LogP contribution in [0.5, 0.6) is 0 Å². The highest BCUT2D eigenvalue weighted by atomic mass is 32.2. The summed E-state index contributed by atoms with van der Waals surface area (Å²) < 4.78 is 42.3. The molecule has 0 saturated heterocycles. The third-order valence-corrected chi connectivity index (χ3v) is 5.72. The van der Waals surface area contributed by atoms with Gasteiger partial charge in [0, 0.05) is 12.0 Å². The Morgan fingerprint density at radius 1 is 1.21 bits per heavy atom. The number of nitrogens with one attached hydrogen (secondary N) is 1. The summed E-state index contributed by atoms with van der Waals surface area (Å²) in [5.74, 6) is -1.01. The number of amides is 1. The van der Waals surface area contributed by atoms with Crippen molar-refractivity contribution in [3.63, 3.8) is 0 Å². The smallest absolute Gasteiger partial charge is 0.234 e. The molecule has 0 aliphatic heterocycles. The van der Waals surface area contributed by atoms with E-state index in [0.29, 0.717) is 5.88 Å². The van der Waals surface area contributed by atoms with Crippen molar-refractivity contribution < 1.29 is 22.1 Å². The summed E-state index contributed by atoms with van der Waals surface area (Å²) in [6, 6.07) is 4.53. The minimum atomic E-state index is -3.64. The maximum Gasteiger partial charge on any atom is 0.234 e. The molecular formula is C16H17FN2O4S. The van der Waals surface area contributed by atoms with Gasteiger partial charge in [0.1, 0.15) is 5.82 Å². The Morgan fingerprint density at radius 3 is 2.67 bits per heavy atom. The van der Waals surface area contributed by atoms with E-state index in [1.807, 2.05) is 0 Å². The van der Waals surface area contributed by atoms with Crippen molar-refractivity contribution in [2.24, 2.45) is 0 Å². The van der Waals surface area contributed by atoms with Gasteiger partial charge < -0.3 is 4.52 Å². The van der Waals surface area contributed by atoms with Gasteiger partial charge in [0.2, 0.25) is 11.8 Å². The van der Waals surface area contributed by atoms with E-state index in [0.717, 1.165) is 49.1 Å². The summed E-state index contributed by atoms with van der Waals surface area (Å²) in [6.45, 7) is 0. The number of sulfone groups is 1. The van der Waals surface area contributed by atoms with Crippen LogP contribution in [-0.4, -0.2) is 25.2 Å². The second-order valence-electron chi connectivity index (χ2n) is 5.72. The van der Waals surface area contributed by atoms with Gasteiger partial charge in [-0.15, -0.1) is 0 Å². The van der Waals surface area contributed by atoms with Gasteiger partial charge >= 0.3 is 0 Å². The highest BCUT2D eigenvalue weighted by Crippen LogP contribution is 2.27. The third kappa shape index (κ3) is 3.64. The first-order chi connectivity index (χ1) is 11.5. The zero-order chi connectivity index (χ0) is 17.2. The molecule has 0 radical (unpaired) electrons. The van der Waals surface area contributed by atoms with Crippen LogP contribution in [0.2, 0.25) is 0 Å². The van der Waals surface area contributed by atoms with Crippen LogP contribution < -0.4 is 5.32 Å². The number of rotatable bonds is 5. The van der Waals surface area contributed by atoms with Crippen LogP contribution in [0.25, 0.3) is 0 Å². The molecule has 1 heterocycles. The van der Waals surface area contributed by atoms with E-state index in [9.17, 15) is 17.6 Å². The largest absolute Gasteiger partial charge is 0.338 e. The van der Waals surface area contributed by atoms with Gasteiger partial charge in [-0.05, 0) is 49.9 Å². The standard InChI is InChI=1S/C16H17FN2O4S/c17-11-5-7-12(8-6-11)24(21,22)10-9-15(20)18-16-13-3-1-2-4-14(13)19-23-16/h5-8H,1-4,9-10H2,(H,18,20). The maximum atomic E-state index is 12.9. The van der Waals surface area contributed by atoms with Gasteiger partial charge in [0.25, 0.3) is 0 Å². The van der Waals surface area contributed by atoms with Gasteiger partial charge in [0.05, 0.1) is 16.3 Å². The summed E-state index contributed by atoms with van der Waals surface area (Å²) in [7, 11) is -3.64. The maximum absolute atomic E-state index is 12.9. The fourth-order valence-corrected chi connectivity index (χ4v) is 3.91. The summed E-state index contributed by atoms with van der Waals surface area (Å²) in [5.41, 5.74) is 1.76. The van der Waals surface area contributed by atoms with Crippen LogP contribution in [0.1, 0.15) is 30.5 Å². The lowest BCUT2D eigenvalue weighted by Crippen LogP contribution is -2.18. The lowest BCUT2D eigenvalue weighted by atomic mass is 9.98. The molecule has 6 nitrogen and oxygen atoms in total. The van der Waals surface area contributed by atoms with Crippen LogP contribution in [0.4, 0.5) is 10.3 Å². The molecule has 0 bridgehead atoms. The molecule has 0 fully saturated rings. The zero-order valence-corrected chi connectivity index (χ0v) is 13.7. The van der Waals surface area contributed by atoms with Crippen molar-refractivity contribution in [3.05, 3.63) is 41.3 Å². The molecule has 8 heteroatoms. The number of hydrogen-bond acceptors (Lipinski definition) is 5. The van der Waals surface area contributed by atoms with E-state index in [-0.39, 0.29) is 17.1 Å². The molecule has 128 valence electrons. The van der Waals surface area contributed by atoms with E-state index in [2.05, 4.69) is 10.5 Å². The minimum absolute atomic E-state index is 0.00579. The average molecular weight is 352 g/mol. The van der Waals surface area contributed by atoms with E-state index in [1.165, 1.54) is 12.1 Å². The number of nitrogens with zero attached hydrogens (tertiary/aromatic N) is 1. The Morgan fingerprint density at radius 2 is 1.92 bits per heavy atom. The molecule has 0 spiro atoms. The van der Waals surface area contributed by atoms with Crippen LogP contribution in [0.3, 0.4) is 0 Å². The molecule has 1 amide bonds. The fraction of sp³-hybridized carbons (Fsp3) is 0.375. The normalized spacial score (nSPS) is 14.2. The highest BCUT2D eigenvalue weighted by Gasteiger charge is 2.22. The predicted octanol–water partition coefficient (Wildman–Crippen LogP) is 2.50. The Balaban J connectivity index is 1.61. The summed E-state index contributed by atoms with van der Waals surface area (Å²) in [6.07, 6.45) is 3.46. The molecule has 24 heavy (non-hydrogen) atoms. The van der Waals surface area contributed by atoms with Gasteiger partial charge in [0.15, 0.2) is 9.84 Å². The number of carbonyl (C=O) groups is 1. The zero-order valence-electron chi connectivity index (χ0n) is 12.9. The number of aromatic nitrogens is 1. The van der Waals surface area contributed by atoms with Crippen molar-refractivity contribution in [1.82, 2.24) is 5.16 Å². The van der Waals surface area contributed by atoms with Crippen molar-refractivity contribution in [2.45, 2.75) is 37.0 Å². The Labute approximate surface area is 139 Å². The summed E-state index contributed by atoms with van der Waals surface area (Å²) in [4.78, 5) is 12.0. The molecule has 0 unspecified atom stereocenters. The number of hydrogen-bond donors (Lipinski definition) is 1. The van der Waals surface area contributed by atoms with Gasteiger partial charge in [-0.3, -0.25) is 10.1 Å². The first kappa shape index (κ1) is 16.6. The molecule has 1 aliphatic rings. The highest BCUT2D eigenvalue weighted by molar-refractivity contribution is 7.91. The quantitative estimate of drug-likeness (QED) is 0.835. The van der Waals surface area contributed by atoms with E-state index >= 15 is 0 Å². The molecule has 0 saturated carbocycles.